The molecule has 0 unspecified atom stereocenters. The first-order chi connectivity index (χ1) is 12.2. The van der Waals surface area contributed by atoms with Crippen LogP contribution >= 0.6 is 15.9 Å². The van der Waals surface area contributed by atoms with Gasteiger partial charge in [0.25, 0.3) is 0 Å². The van der Waals surface area contributed by atoms with Crippen molar-refractivity contribution in [3.63, 3.8) is 0 Å². The monoisotopic (exact) mass is 396 g/mol. The zero-order valence-electron chi connectivity index (χ0n) is 14.0. The molecule has 0 atom stereocenters. The van der Waals surface area contributed by atoms with Crippen LogP contribution in [0.4, 0.5) is 0 Å². The molecule has 4 rings (SSSR count). The first-order valence-corrected chi connectivity index (χ1v) is 8.75. The lowest BCUT2D eigenvalue weighted by Crippen LogP contribution is -2.32. The molecule has 0 aliphatic rings. The molecule has 0 aliphatic heterocycles. The molecule has 0 bridgehead atoms. The average Bonchev–Trinajstić information content (AvgIpc) is 3.02. The number of para-hydroxylation sites is 1. The molecule has 1 heterocycles. The lowest BCUT2D eigenvalue weighted by molar-refractivity contribution is -0.183. The van der Waals surface area contributed by atoms with Crippen LogP contribution < -0.4 is 0 Å². The summed E-state index contributed by atoms with van der Waals surface area (Å²) < 4.78 is 18.7. The van der Waals surface area contributed by atoms with Crippen LogP contribution in [0.1, 0.15) is 11.1 Å². The van der Waals surface area contributed by atoms with Gasteiger partial charge < -0.3 is 13.9 Å². The largest absolute Gasteiger partial charge is 0.456 e. The molecule has 4 heteroatoms. The second kappa shape index (κ2) is 6.30. The highest BCUT2D eigenvalue weighted by atomic mass is 79.9. The molecule has 25 heavy (non-hydrogen) atoms. The van der Waals surface area contributed by atoms with Crippen molar-refractivity contribution >= 4 is 37.9 Å². The van der Waals surface area contributed by atoms with Crippen LogP contribution in [-0.2, 0) is 15.3 Å². The fraction of sp³-hybridized carbons (Fsp3) is 0.143. The summed E-state index contributed by atoms with van der Waals surface area (Å²) in [4.78, 5) is 0. The maximum atomic E-state index is 6.01. The second-order valence-electron chi connectivity index (χ2n) is 5.84. The number of fused-ring (bicyclic) bond motifs is 3. The van der Waals surface area contributed by atoms with Crippen LogP contribution in [0.5, 0.6) is 0 Å². The Hall–Kier alpha value is -2.14. The summed E-state index contributed by atoms with van der Waals surface area (Å²) in [7, 11) is 3.29. The van der Waals surface area contributed by atoms with Gasteiger partial charge in [-0.3, -0.25) is 0 Å². The summed E-state index contributed by atoms with van der Waals surface area (Å²) >= 11 is 3.47. The molecule has 0 aliphatic carbocycles. The van der Waals surface area contributed by atoms with Gasteiger partial charge in [0.05, 0.1) is 0 Å². The predicted molar refractivity (Wildman–Crippen MR) is 103 cm³/mol. The van der Waals surface area contributed by atoms with Gasteiger partial charge in [0.15, 0.2) is 0 Å². The van der Waals surface area contributed by atoms with Gasteiger partial charge in [0.1, 0.15) is 11.2 Å². The van der Waals surface area contributed by atoms with E-state index < -0.39 is 5.79 Å². The molecule has 0 fully saturated rings. The minimum atomic E-state index is -0.992. The van der Waals surface area contributed by atoms with Crippen molar-refractivity contribution in [3.8, 4) is 0 Å². The Morgan fingerprint density at radius 2 is 1.40 bits per heavy atom. The van der Waals surface area contributed by atoms with Crippen molar-refractivity contribution in [2.75, 3.05) is 14.2 Å². The fourth-order valence-electron chi connectivity index (χ4n) is 3.32. The van der Waals surface area contributed by atoms with Crippen LogP contribution in [0.3, 0.4) is 0 Å². The van der Waals surface area contributed by atoms with E-state index in [2.05, 4.69) is 28.1 Å². The summed E-state index contributed by atoms with van der Waals surface area (Å²) in [6.07, 6.45) is 0. The van der Waals surface area contributed by atoms with Crippen molar-refractivity contribution in [2.24, 2.45) is 0 Å². The summed E-state index contributed by atoms with van der Waals surface area (Å²) in [5.41, 5.74) is 3.48. The third-order valence-electron chi connectivity index (χ3n) is 4.56. The van der Waals surface area contributed by atoms with Crippen molar-refractivity contribution < 1.29 is 13.9 Å². The normalized spacial score (nSPS) is 12.1. The number of hydrogen-bond donors (Lipinski definition) is 0. The van der Waals surface area contributed by atoms with Crippen molar-refractivity contribution in [1.29, 1.82) is 0 Å². The Labute approximate surface area is 154 Å². The zero-order valence-corrected chi connectivity index (χ0v) is 15.5. The number of benzene rings is 3. The van der Waals surface area contributed by atoms with Crippen LogP contribution in [-0.4, -0.2) is 14.2 Å². The van der Waals surface area contributed by atoms with E-state index in [9.17, 15) is 0 Å². The maximum Gasteiger partial charge on any atom is 0.221 e. The quantitative estimate of drug-likeness (QED) is 0.406. The van der Waals surface area contributed by atoms with E-state index in [1.165, 1.54) is 0 Å². The van der Waals surface area contributed by atoms with Crippen LogP contribution in [0.15, 0.2) is 75.6 Å². The third-order valence-corrected chi connectivity index (χ3v) is 5.09. The topological polar surface area (TPSA) is 31.6 Å². The third kappa shape index (κ3) is 2.58. The predicted octanol–water partition coefficient (Wildman–Crippen LogP) is 5.84. The highest BCUT2D eigenvalue weighted by molar-refractivity contribution is 9.10. The van der Waals surface area contributed by atoms with Gasteiger partial charge in [-0.05, 0) is 24.3 Å². The van der Waals surface area contributed by atoms with Crippen LogP contribution in [0, 0.1) is 0 Å². The average molecular weight is 397 g/mol. The number of furan rings is 1. The molecule has 0 saturated carbocycles. The Kier molecular flexibility index (Phi) is 4.12. The number of halogens is 1. The minimum Gasteiger partial charge on any atom is -0.456 e. The van der Waals surface area contributed by atoms with E-state index in [0.717, 1.165) is 37.5 Å². The molecule has 4 aromatic rings. The van der Waals surface area contributed by atoms with Gasteiger partial charge in [-0.2, -0.15) is 0 Å². The van der Waals surface area contributed by atoms with Gasteiger partial charge in [0, 0.05) is 40.6 Å². The van der Waals surface area contributed by atoms with Gasteiger partial charge in [-0.15, -0.1) is 0 Å². The Balaban J connectivity index is 1.92. The van der Waals surface area contributed by atoms with Crippen molar-refractivity contribution in [1.82, 2.24) is 0 Å². The molecule has 3 aromatic carbocycles. The van der Waals surface area contributed by atoms with E-state index in [-0.39, 0.29) is 0 Å². The van der Waals surface area contributed by atoms with Crippen molar-refractivity contribution in [2.45, 2.75) is 5.79 Å². The van der Waals surface area contributed by atoms with Crippen molar-refractivity contribution in [3.05, 3.63) is 82.3 Å². The molecule has 3 nitrogen and oxygen atoms in total. The smallest absolute Gasteiger partial charge is 0.221 e. The van der Waals surface area contributed by atoms with E-state index in [0.29, 0.717) is 0 Å². The highest BCUT2D eigenvalue weighted by Crippen LogP contribution is 2.38. The SMILES string of the molecule is COC(OC)(c1ccc(Br)cc1)c1ccc2c(c1)oc1ccccc12. The number of hydrogen-bond acceptors (Lipinski definition) is 3. The summed E-state index contributed by atoms with van der Waals surface area (Å²) in [5, 5.41) is 2.18. The summed E-state index contributed by atoms with van der Waals surface area (Å²) in [6, 6.07) is 22.0. The van der Waals surface area contributed by atoms with E-state index in [4.69, 9.17) is 13.9 Å². The van der Waals surface area contributed by atoms with E-state index in [1.807, 2.05) is 54.6 Å². The molecule has 0 saturated heterocycles. The fourth-order valence-corrected chi connectivity index (χ4v) is 3.59. The van der Waals surface area contributed by atoms with Crippen LogP contribution in [0.25, 0.3) is 21.9 Å². The molecule has 0 N–H and O–H groups in total. The maximum absolute atomic E-state index is 6.01. The lowest BCUT2D eigenvalue weighted by Gasteiger charge is -2.31. The van der Waals surface area contributed by atoms with E-state index >= 15 is 0 Å². The second-order valence-corrected chi connectivity index (χ2v) is 6.76. The Morgan fingerprint density at radius 1 is 0.760 bits per heavy atom. The summed E-state index contributed by atoms with van der Waals surface area (Å²) in [5.74, 6) is -0.992. The van der Waals surface area contributed by atoms with E-state index in [1.54, 1.807) is 14.2 Å². The highest BCUT2D eigenvalue weighted by Gasteiger charge is 2.35. The standard InChI is InChI=1S/C21H17BrO3/c1-23-21(24-2,14-7-10-16(22)11-8-14)15-9-12-18-17-5-3-4-6-19(17)25-20(18)13-15/h3-13H,1-2H3. The number of ether oxygens (including phenoxy) is 2. The first-order valence-electron chi connectivity index (χ1n) is 7.96. The zero-order chi connectivity index (χ0) is 17.4. The van der Waals surface area contributed by atoms with Gasteiger partial charge in [0.2, 0.25) is 5.79 Å². The lowest BCUT2D eigenvalue weighted by atomic mass is 9.96. The molecule has 0 radical (unpaired) electrons. The van der Waals surface area contributed by atoms with Crippen LogP contribution in [0.2, 0.25) is 0 Å². The Bertz CT molecular complexity index is 1030. The summed E-state index contributed by atoms with van der Waals surface area (Å²) in [6.45, 7) is 0. The molecule has 126 valence electrons. The molecule has 1 aromatic heterocycles. The number of methoxy groups -OCH3 is 2. The molecule has 0 spiro atoms. The Morgan fingerprint density at radius 3 is 2.12 bits per heavy atom. The minimum absolute atomic E-state index is 0.814. The first kappa shape index (κ1) is 16.3. The molecule has 0 amide bonds. The van der Waals surface area contributed by atoms with Gasteiger partial charge in [-0.25, -0.2) is 0 Å². The van der Waals surface area contributed by atoms with Gasteiger partial charge in [-0.1, -0.05) is 58.4 Å². The number of rotatable bonds is 4. The van der Waals surface area contributed by atoms with Gasteiger partial charge >= 0.3 is 0 Å². The molecular weight excluding hydrogens is 380 g/mol. The molecular formula is C21H17BrO3.